The second-order valence-electron chi connectivity index (χ2n) is 6.29. The largest absolute Gasteiger partial charge is 0.340 e. The Labute approximate surface area is 171 Å². The van der Waals surface area contributed by atoms with E-state index in [1.54, 1.807) is 30.5 Å². The van der Waals surface area contributed by atoms with Gasteiger partial charge in [-0.3, -0.25) is 19.9 Å². The van der Waals surface area contributed by atoms with Gasteiger partial charge in [0.2, 0.25) is 11.0 Å². The summed E-state index contributed by atoms with van der Waals surface area (Å²) in [5.74, 6) is -0.931. The Morgan fingerprint density at radius 2 is 1.82 bits per heavy atom. The van der Waals surface area contributed by atoms with Crippen molar-refractivity contribution in [2.75, 3.05) is 5.32 Å². The van der Waals surface area contributed by atoms with Crippen LogP contribution in [0.15, 0.2) is 48.7 Å². The Morgan fingerprint density at radius 3 is 2.50 bits per heavy atom. The van der Waals surface area contributed by atoms with Crippen LogP contribution in [-0.2, 0) is 4.79 Å². The van der Waals surface area contributed by atoms with E-state index < -0.39 is 11.9 Å². The summed E-state index contributed by atoms with van der Waals surface area (Å²) in [5.41, 5.74) is 0.990. The second-order valence-corrected chi connectivity index (χ2v) is 7.68. The number of nitrogens with zero attached hydrogens (tertiary/aromatic N) is 3. The molecule has 144 valence electrons. The number of nitrogens with one attached hydrogen (secondary N) is 2. The van der Waals surface area contributed by atoms with Crippen molar-refractivity contribution in [1.82, 2.24) is 20.5 Å². The summed E-state index contributed by atoms with van der Waals surface area (Å²) in [6, 6.07) is 11.4. The molecule has 2 heterocycles. The first-order chi connectivity index (χ1) is 13.5. The number of carbonyl (C=O) groups excluding carboxylic acids is 2. The van der Waals surface area contributed by atoms with E-state index in [1.807, 2.05) is 32.0 Å². The average molecular weight is 416 g/mol. The molecule has 1 unspecified atom stereocenters. The standard InChI is InChI=1S/C19H18ClN5O2S/c1-11(2)15(22-16(26)12-7-3-4-8-13(12)20)17(27)23-19-25-24-18(28-19)14-9-5-6-10-21-14/h3-11,15H,1-2H3,(H,22,26)(H,23,25,27). The van der Waals surface area contributed by atoms with E-state index in [1.165, 1.54) is 11.3 Å². The maximum atomic E-state index is 12.7. The molecule has 0 aliphatic carbocycles. The van der Waals surface area contributed by atoms with Gasteiger partial charge in [-0.25, -0.2) is 0 Å². The molecule has 0 aliphatic rings. The van der Waals surface area contributed by atoms with Gasteiger partial charge in [-0.15, -0.1) is 10.2 Å². The van der Waals surface area contributed by atoms with Gasteiger partial charge in [0.05, 0.1) is 10.6 Å². The first-order valence-corrected chi connectivity index (χ1v) is 9.76. The molecule has 9 heteroatoms. The van der Waals surface area contributed by atoms with Crippen LogP contribution in [0.2, 0.25) is 5.02 Å². The van der Waals surface area contributed by atoms with Crippen LogP contribution in [-0.4, -0.2) is 33.0 Å². The lowest BCUT2D eigenvalue weighted by Crippen LogP contribution is -2.47. The number of halogens is 1. The molecule has 0 aliphatic heterocycles. The van der Waals surface area contributed by atoms with Crippen molar-refractivity contribution >= 4 is 39.9 Å². The van der Waals surface area contributed by atoms with Gasteiger partial charge < -0.3 is 5.32 Å². The predicted molar refractivity (Wildman–Crippen MR) is 109 cm³/mol. The molecule has 2 amide bonds. The lowest BCUT2D eigenvalue weighted by Gasteiger charge is -2.21. The quantitative estimate of drug-likeness (QED) is 0.640. The topological polar surface area (TPSA) is 96.9 Å². The highest BCUT2D eigenvalue weighted by atomic mass is 35.5. The van der Waals surface area contributed by atoms with Gasteiger partial charge in [0.15, 0.2) is 5.01 Å². The van der Waals surface area contributed by atoms with E-state index >= 15 is 0 Å². The molecule has 7 nitrogen and oxygen atoms in total. The minimum absolute atomic E-state index is 0.144. The van der Waals surface area contributed by atoms with Crippen molar-refractivity contribution in [3.8, 4) is 10.7 Å². The highest BCUT2D eigenvalue weighted by Gasteiger charge is 2.26. The van der Waals surface area contributed by atoms with Crippen LogP contribution in [0.5, 0.6) is 0 Å². The van der Waals surface area contributed by atoms with E-state index in [9.17, 15) is 9.59 Å². The molecule has 0 saturated carbocycles. The van der Waals surface area contributed by atoms with Crippen molar-refractivity contribution in [2.24, 2.45) is 5.92 Å². The summed E-state index contributed by atoms with van der Waals surface area (Å²) in [6.45, 7) is 3.69. The number of amides is 2. The number of hydrogen-bond donors (Lipinski definition) is 2. The number of hydrogen-bond acceptors (Lipinski definition) is 6. The van der Waals surface area contributed by atoms with Crippen LogP contribution in [0.25, 0.3) is 10.7 Å². The van der Waals surface area contributed by atoms with E-state index in [0.717, 1.165) is 0 Å². The van der Waals surface area contributed by atoms with E-state index in [0.29, 0.717) is 26.4 Å². The number of benzene rings is 1. The molecular formula is C19H18ClN5O2S. The molecule has 0 spiro atoms. The Kier molecular flexibility index (Phi) is 6.33. The third-order valence-electron chi connectivity index (χ3n) is 3.89. The van der Waals surface area contributed by atoms with E-state index in [2.05, 4.69) is 25.8 Å². The fourth-order valence-electron chi connectivity index (χ4n) is 2.45. The third-order valence-corrected chi connectivity index (χ3v) is 5.08. The van der Waals surface area contributed by atoms with Crippen molar-refractivity contribution in [1.29, 1.82) is 0 Å². The van der Waals surface area contributed by atoms with Crippen LogP contribution in [0.4, 0.5) is 5.13 Å². The van der Waals surface area contributed by atoms with Crippen molar-refractivity contribution < 1.29 is 9.59 Å². The van der Waals surface area contributed by atoms with Crippen molar-refractivity contribution in [3.05, 3.63) is 59.2 Å². The second kappa shape index (κ2) is 8.90. The van der Waals surface area contributed by atoms with Crippen LogP contribution < -0.4 is 10.6 Å². The SMILES string of the molecule is CC(C)C(NC(=O)c1ccccc1Cl)C(=O)Nc1nnc(-c2ccccn2)s1. The van der Waals surface area contributed by atoms with Crippen molar-refractivity contribution in [3.63, 3.8) is 0 Å². The summed E-state index contributed by atoms with van der Waals surface area (Å²) in [4.78, 5) is 29.4. The molecule has 0 saturated heterocycles. The fourth-order valence-corrected chi connectivity index (χ4v) is 3.39. The number of carbonyl (C=O) groups is 2. The lowest BCUT2D eigenvalue weighted by molar-refractivity contribution is -0.118. The molecule has 3 aromatic rings. The molecular weight excluding hydrogens is 398 g/mol. The maximum absolute atomic E-state index is 12.7. The fraction of sp³-hybridized carbons (Fsp3) is 0.211. The van der Waals surface area contributed by atoms with E-state index in [-0.39, 0.29) is 11.8 Å². The highest BCUT2D eigenvalue weighted by molar-refractivity contribution is 7.18. The van der Waals surface area contributed by atoms with Crippen LogP contribution in [0.3, 0.4) is 0 Å². The first kappa shape index (κ1) is 19.9. The van der Waals surface area contributed by atoms with Crippen molar-refractivity contribution in [2.45, 2.75) is 19.9 Å². The summed E-state index contributed by atoms with van der Waals surface area (Å²) < 4.78 is 0. The van der Waals surface area contributed by atoms with Gasteiger partial charge in [0.25, 0.3) is 5.91 Å². The minimum atomic E-state index is -0.758. The zero-order valence-electron chi connectivity index (χ0n) is 15.2. The summed E-state index contributed by atoms with van der Waals surface area (Å²) in [7, 11) is 0. The molecule has 0 bridgehead atoms. The monoisotopic (exact) mass is 415 g/mol. The summed E-state index contributed by atoms with van der Waals surface area (Å²) in [5, 5.41) is 14.8. The van der Waals surface area contributed by atoms with Gasteiger partial charge in [0, 0.05) is 6.20 Å². The minimum Gasteiger partial charge on any atom is -0.340 e. The number of aromatic nitrogens is 3. The van der Waals surface area contributed by atoms with Gasteiger partial charge in [-0.05, 0) is 30.2 Å². The zero-order chi connectivity index (χ0) is 20.1. The Bertz CT molecular complexity index is 977. The molecule has 28 heavy (non-hydrogen) atoms. The molecule has 2 N–H and O–H groups in total. The van der Waals surface area contributed by atoms with Crippen LogP contribution in [0.1, 0.15) is 24.2 Å². The molecule has 2 aromatic heterocycles. The van der Waals surface area contributed by atoms with Crippen LogP contribution in [0, 0.1) is 5.92 Å². The van der Waals surface area contributed by atoms with Crippen LogP contribution >= 0.6 is 22.9 Å². The molecule has 1 atom stereocenters. The Hall–Kier alpha value is -2.84. The molecule has 0 radical (unpaired) electrons. The first-order valence-electron chi connectivity index (χ1n) is 8.57. The van der Waals surface area contributed by atoms with Gasteiger partial charge in [-0.2, -0.15) is 0 Å². The summed E-state index contributed by atoms with van der Waals surface area (Å²) >= 11 is 7.28. The predicted octanol–water partition coefficient (Wildman–Crippen LogP) is 3.65. The smallest absolute Gasteiger partial charge is 0.253 e. The lowest BCUT2D eigenvalue weighted by atomic mass is 10.0. The zero-order valence-corrected chi connectivity index (χ0v) is 16.8. The van der Waals surface area contributed by atoms with E-state index in [4.69, 9.17) is 11.6 Å². The number of rotatable bonds is 6. The number of anilines is 1. The summed E-state index contributed by atoms with van der Waals surface area (Å²) in [6.07, 6.45) is 1.66. The third kappa shape index (κ3) is 4.71. The highest BCUT2D eigenvalue weighted by Crippen LogP contribution is 2.24. The Balaban J connectivity index is 1.71. The molecule has 3 rings (SSSR count). The maximum Gasteiger partial charge on any atom is 0.253 e. The molecule has 1 aromatic carbocycles. The molecule has 0 fully saturated rings. The number of pyridine rings is 1. The van der Waals surface area contributed by atoms with Gasteiger partial charge >= 0.3 is 0 Å². The van der Waals surface area contributed by atoms with Gasteiger partial charge in [-0.1, -0.05) is 55.0 Å². The average Bonchev–Trinajstić information content (AvgIpc) is 3.15. The van der Waals surface area contributed by atoms with Gasteiger partial charge in [0.1, 0.15) is 11.7 Å². The normalized spacial score (nSPS) is 11.9. The Morgan fingerprint density at radius 1 is 1.07 bits per heavy atom.